The average molecular weight is 364 g/mol. The zero-order chi connectivity index (χ0) is 18.4. The Kier molecular flexibility index (Phi) is 6.25. The smallest absolute Gasteiger partial charge is 0.232 e. The molecule has 0 aliphatic rings. The summed E-state index contributed by atoms with van der Waals surface area (Å²) in [6, 6.07) is 9.09. The van der Waals surface area contributed by atoms with Crippen LogP contribution in [0, 0.1) is 13.8 Å². The largest absolute Gasteiger partial charge is 0.467 e. The maximum Gasteiger partial charge on any atom is 0.232 e. The number of hydrogen-bond donors (Lipinski definition) is 1. The van der Waals surface area contributed by atoms with Gasteiger partial charge in [0.05, 0.1) is 24.8 Å². The van der Waals surface area contributed by atoms with Gasteiger partial charge >= 0.3 is 0 Å². The first-order valence-electron chi connectivity index (χ1n) is 8.11. The second-order valence-corrected chi connectivity index (χ2v) is 7.97. The lowest BCUT2D eigenvalue weighted by Crippen LogP contribution is -2.32. The lowest BCUT2D eigenvalue weighted by atomic mass is 10.1. The number of benzene rings is 1. The van der Waals surface area contributed by atoms with Gasteiger partial charge in [0.1, 0.15) is 5.76 Å². The minimum Gasteiger partial charge on any atom is -0.467 e. The molecule has 6 nitrogen and oxygen atoms in total. The van der Waals surface area contributed by atoms with Crippen LogP contribution in [0.2, 0.25) is 0 Å². The van der Waals surface area contributed by atoms with E-state index in [2.05, 4.69) is 5.32 Å². The Morgan fingerprint density at radius 3 is 2.56 bits per heavy atom. The molecule has 0 spiro atoms. The van der Waals surface area contributed by atoms with Gasteiger partial charge in [-0.05, 0) is 55.7 Å². The quantitative estimate of drug-likeness (QED) is 0.781. The molecule has 0 unspecified atom stereocenters. The van der Waals surface area contributed by atoms with Gasteiger partial charge in [0.25, 0.3) is 0 Å². The van der Waals surface area contributed by atoms with Crippen molar-refractivity contribution >= 4 is 21.6 Å². The second-order valence-electron chi connectivity index (χ2n) is 6.06. The van der Waals surface area contributed by atoms with Crippen molar-refractivity contribution in [2.45, 2.75) is 33.2 Å². The van der Waals surface area contributed by atoms with Crippen LogP contribution in [0.25, 0.3) is 0 Å². The van der Waals surface area contributed by atoms with E-state index in [4.69, 9.17) is 4.42 Å². The molecule has 25 heavy (non-hydrogen) atoms. The molecule has 0 saturated carbocycles. The minimum atomic E-state index is -3.41. The molecule has 0 bridgehead atoms. The van der Waals surface area contributed by atoms with Crippen molar-refractivity contribution in [3.63, 3.8) is 0 Å². The number of nitrogens with zero attached hydrogens (tertiary/aromatic N) is 1. The summed E-state index contributed by atoms with van der Waals surface area (Å²) in [6.45, 7) is 4.52. The highest BCUT2D eigenvalue weighted by Crippen LogP contribution is 2.21. The minimum absolute atomic E-state index is 0.134. The van der Waals surface area contributed by atoms with Crippen LogP contribution >= 0.6 is 0 Å². The SMILES string of the molecule is Cc1ccc(N(CCCC(=O)NCc2ccco2)S(C)(=O)=O)cc1C. The fraction of sp³-hybridized carbons (Fsp3) is 0.389. The third-order valence-electron chi connectivity index (χ3n) is 3.98. The molecule has 1 aromatic carbocycles. The first kappa shape index (κ1) is 19.1. The van der Waals surface area contributed by atoms with E-state index in [1.165, 1.54) is 10.6 Å². The first-order chi connectivity index (χ1) is 11.8. The summed E-state index contributed by atoms with van der Waals surface area (Å²) in [5.74, 6) is 0.547. The van der Waals surface area contributed by atoms with Gasteiger partial charge in [0, 0.05) is 13.0 Å². The summed E-state index contributed by atoms with van der Waals surface area (Å²) in [7, 11) is -3.41. The summed E-state index contributed by atoms with van der Waals surface area (Å²) in [6.07, 6.45) is 3.41. The molecule has 1 N–H and O–H groups in total. The van der Waals surface area contributed by atoms with E-state index in [9.17, 15) is 13.2 Å². The lowest BCUT2D eigenvalue weighted by Gasteiger charge is -2.23. The molecule has 0 aliphatic heterocycles. The number of hydrogen-bond acceptors (Lipinski definition) is 4. The van der Waals surface area contributed by atoms with Crippen molar-refractivity contribution in [2.24, 2.45) is 0 Å². The molecule has 7 heteroatoms. The fourth-order valence-corrected chi connectivity index (χ4v) is 3.39. The Morgan fingerprint density at radius 1 is 1.20 bits per heavy atom. The first-order valence-corrected chi connectivity index (χ1v) is 9.96. The highest BCUT2D eigenvalue weighted by molar-refractivity contribution is 7.92. The molecule has 2 aromatic rings. The molecule has 2 rings (SSSR count). The summed E-state index contributed by atoms with van der Waals surface area (Å²) in [5, 5.41) is 2.75. The average Bonchev–Trinajstić information content (AvgIpc) is 3.05. The van der Waals surface area contributed by atoms with E-state index in [0.29, 0.717) is 24.4 Å². The number of anilines is 1. The van der Waals surface area contributed by atoms with Crippen LogP contribution in [0.5, 0.6) is 0 Å². The maximum absolute atomic E-state index is 12.1. The Labute approximate surface area is 148 Å². The van der Waals surface area contributed by atoms with Gasteiger partial charge in [-0.3, -0.25) is 9.10 Å². The Bertz CT molecular complexity index is 814. The summed E-state index contributed by atoms with van der Waals surface area (Å²) in [4.78, 5) is 11.9. The summed E-state index contributed by atoms with van der Waals surface area (Å²) in [5.41, 5.74) is 2.76. The molecule has 1 aromatic heterocycles. The Hall–Kier alpha value is -2.28. The maximum atomic E-state index is 12.1. The molecule has 1 amide bonds. The van der Waals surface area contributed by atoms with Crippen LogP contribution in [0.4, 0.5) is 5.69 Å². The van der Waals surface area contributed by atoms with Crippen molar-refractivity contribution in [1.82, 2.24) is 5.32 Å². The molecule has 0 fully saturated rings. The standard InChI is InChI=1S/C18H24N2O4S/c1-14-8-9-16(12-15(14)2)20(25(3,22)23)10-4-7-18(21)19-13-17-6-5-11-24-17/h5-6,8-9,11-12H,4,7,10,13H2,1-3H3,(H,19,21). The molecule has 0 saturated heterocycles. The van der Waals surface area contributed by atoms with Gasteiger partial charge in [0.2, 0.25) is 15.9 Å². The van der Waals surface area contributed by atoms with Gasteiger partial charge in [-0.15, -0.1) is 0 Å². The number of sulfonamides is 1. The van der Waals surface area contributed by atoms with Crippen molar-refractivity contribution in [1.29, 1.82) is 0 Å². The predicted octanol–water partition coefficient (Wildman–Crippen LogP) is 2.76. The second kappa shape index (κ2) is 8.20. The van der Waals surface area contributed by atoms with Crippen molar-refractivity contribution < 1.29 is 17.6 Å². The normalized spacial score (nSPS) is 11.3. The summed E-state index contributed by atoms with van der Waals surface area (Å²) >= 11 is 0. The molecule has 0 radical (unpaired) electrons. The van der Waals surface area contributed by atoms with Crippen LogP contribution < -0.4 is 9.62 Å². The molecular weight excluding hydrogens is 340 g/mol. The Balaban J connectivity index is 1.92. The molecule has 0 aliphatic carbocycles. The van der Waals surface area contributed by atoms with Crippen LogP contribution in [-0.2, 0) is 21.4 Å². The van der Waals surface area contributed by atoms with Crippen molar-refractivity contribution in [3.05, 3.63) is 53.5 Å². The third kappa shape index (κ3) is 5.63. The third-order valence-corrected chi connectivity index (χ3v) is 5.18. The number of rotatable bonds is 8. The van der Waals surface area contributed by atoms with Crippen LogP contribution in [0.3, 0.4) is 0 Å². The van der Waals surface area contributed by atoms with E-state index in [1.54, 1.807) is 24.5 Å². The molecule has 1 heterocycles. The number of carbonyl (C=O) groups is 1. The fourth-order valence-electron chi connectivity index (χ4n) is 2.44. The molecule has 136 valence electrons. The number of amides is 1. The van der Waals surface area contributed by atoms with Crippen LogP contribution in [0.15, 0.2) is 41.0 Å². The monoisotopic (exact) mass is 364 g/mol. The highest BCUT2D eigenvalue weighted by Gasteiger charge is 2.18. The zero-order valence-electron chi connectivity index (χ0n) is 14.8. The zero-order valence-corrected chi connectivity index (χ0v) is 15.6. The van der Waals surface area contributed by atoms with Crippen molar-refractivity contribution in [2.75, 3.05) is 17.1 Å². The van der Waals surface area contributed by atoms with E-state index in [0.717, 1.165) is 11.1 Å². The van der Waals surface area contributed by atoms with Crippen LogP contribution in [0.1, 0.15) is 29.7 Å². The number of aryl methyl sites for hydroxylation is 2. The summed E-state index contributed by atoms with van der Waals surface area (Å²) < 4.78 is 30.7. The Morgan fingerprint density at radius 2 is 1.96 bits per heavy atom. The van der Waals surface area contributed by atoms with Gasteiger partial charge < -0.3 is 9.73 Å². The van der Waals surface area contributed by atoms with Gasteiger partial charge in [-0.1, -0.05) is 6.07 Å². The molecular formula is C18H24N2O4S. The topological polar surface area (TPSA) is 79.6 Å². The predicted molar refractivity (Wildman–Crippen MR) is 97.9 cm³/mol. The lowest BCUT2D eigenvalue weighted by molar-refractivity contribution is -0.121. The number of carbonyl (C=O) groups excluding carboxylic acids is 1. The van der Waals surface area contributed by atoms with Gasteiger partial charge in [-0.2, -0.15) is 0 Å². The van der Waals surface area contributed by atoms with Gasteiger partial charge in [-0.25, -0.2) is 8.42 Å². The number of nitrogens with one attached hydrogen (secondary N) is 1. The van der Waals surface area contributed by atoms with E-state index >= 15 is 0 Å². The van der Waals surface area contributed by atoms with Crippen molar-refractivity contribution in [3.8, 4) is 0 Å². The van der Waals surface area contributed by atoms with E-state index in [-0.39, 0.29) is 18.9 Å². The van der Waals surface area contributed by atoms with Crippen LogP contribution in [-0.4, -0.2) is 27.1 Å². The van der Waals surface area contributed by atoms with Gasteiger partial charge in [0.15, 0.2) is 0 Å². The van der Waals surface area contributed by atoms with E-state index in [1.807, 2.05) is 26.0 Å². The number of furan rings is 1. The van der Waals surface area contributed by atoms with E-state index < -0.39 is 10.0 Å². The highest BCUT2D eigenvalue weighted by atomic mass is 32.2. The molecule has 0 atom stereocenters.